The monoisotopic (exact) mass is 358 g/mol. The van der Waals surface area contributed by atoms with Crippen molar-refractivity contribution >= 4 is 36.4 Å². The fraction of sp³-hybridized carbons (Fsp3) is 0.375. The van der Waals surface area contributed by atoms with Crippen LogP contribution in [0.2, 0.25) is 0 Å². The van der Waals surface area contributed by atoms with E-state index in [-0.39, 0.29) is 30.7 Å². The van der Waals surface area contributed by atoms with Crippen LogP contribution in [-0.4, -0.2) is 22.4 Å². The minimum Gasteiger partial charge on any atom is -0.345 e. The highest BCUT2D eigenvalue weighted by atomic mass is 35.5. The molecule has 0 spiro atoms. The summed E-state index contributed by atoms with van der Waals surface area (Å²) in [6, 6.07) is 7.67. The smallest absolute Gasteiger partial charge is 0.224 e. The molecule has 0 aliphatic rings. The van der Waals surface area contributed by atoms with Crippen LogP contribution in [0.3, 0.4) is 0 Å². The quantitative estimate of drug-likeness (QED) is 0.628. The molecule has 0 aliphatic heterocycles. The van der Waals surface area contributed by atoms with Gasteiger partial charge in [-0.15, -0.1) is 24.8 Å². The first-order valence-corrected chi connectivity index (χ1v) is 7.39. The van der Waals surface area contributed by atoms with Crippen LogP contribution in [0.25, 0.3) is 11.4 Å². The molecule has 0 aliphatic carbocycles. The molecule has 128 valence electrons. The summed E-state index contributed by atoms with van der Waals surface area (Å²) < 4.78 is 0. The van der Waals surface area contributed by atoms with Crippen LogP contribution in [0, 0.1) is 0 Å². The fourth-order valence-electron chi connectivity index (χ4n) is 2.14. The van der Waals surface area contributed by atoms with Gasteiger partial charge in [0.25, 0.3) is 0 Å². The second kappa shape index (κ2) is 11.9. The Hall–Kier alpha value is -1.56. The van der Waals surface area contributed by atoms with E-state index in [2.05, 4.69) is 15.3 Å². The van der Waals surface area contributed by atoms with Gasteiger partial charge in [0.15, 0.2) is 0 Å². The van der Waals surface area contributed by atoms with Gasteiger partial charge in [0, 0.05) is 30.1 Å². The van der Waals surface area contributed by atoms with Crippen molar-refractivity contribution < 1.29 is 4.79 Å². The molecule has 0 saturated carbocycles. The van der Waals surface area contributed by atoms with Crippen molar-refractivity contribution in [3.8, 4) is 11.4 Å². The van der Waals surface area contributed by atoms with Gasteiger partial charge in [-0.2, -0.15) is 0 Å². The number of nitrogens with two attached hydrogens (primary N) is 1. The molecule has 0 saturated heterocycles. The van der Waals surface area contributed by atoms with E-state index in [4.69, 9.17) is 5.73 Å². The lowest BCUT2D eigenvalue weighted by Gasteiger charge is -2.06. The normalized spacial score (nSPS) is 9.61. The molecule has 1 aromatic carbocycles. The standard InChI is InChI=1S/C16H22N4O.2ClH/c17-10-4-2-1-3-5-15(21)20-14-8-6-13(7-9-14)16-18-11-12-19-16;;/h6-9,11-12H,1-5,10,17H2,(H,18,19)(H,20,21);2*1H. The number of halogens is 2. The lowest BCUT2D eigenvalue weighted by molar-refractivity contribution is -0.116. The van der Waals surface area contributed by atoms with E-state index in [1.165, 1.54) is 0 Å². The van der Waals surface area contributed by atoms with Crippen molar-refractivity contribution in [2.75, 3.05) is 11.9 Å². The molecule has 0 radical (unpaired) electrons. The predicted octanol–water partition coefficient (Wildman–Crippen LogP) is 3.77. The number of nitrogens with zero attached hydrogens (tertiary/aromatic N) is 1. The minimum atomic E-state index is 0. The summed E-state index contributed by atoms with van der Waals surface area (Å²) in [7, 11) is 0. The topological polar surface area (TPSA) is 83.8 Å². The van der Waals surface area contributed by atoms with E-state index >= 15 is 0 Å². The zero-order valence-corrected chi connectivity index (χ0v) is 14.6. The van der Waals surface area contributed by atoms with Crippen LogP contribution in [0.15, 0.2) is 36.7 Å². The number of benzene rings is 1. The van der Waals surface area contributed by atoms with Crippen LogP contribution in [-0.2, 0) is 4.79 Å². The lowest BCUT2D eigenvalue weighted by atomic mass is 10.1. The molecule has 0 atom stereocenters. The van der Waals surface area contributed by atoms with Gasteiger partial charge in [-0.3, -0.25) is 4.79 Å². The fourth-order valence-corrected chi connectivity index (χ4v) is 2.14. The van der Waals surface area contributed by atoms with Gasteiger partial charge >= 0.3 is 0 Å². The minimum absolute atomic E-state index is 0. The number of hydrogen-bond acceptors (Lipinski definition) is 3. The molecule has 1 heterocycles. The number of nitrogens with one attached hydrogen (secondary N) is 2. The molecule has 0 unspecified atom stereocenters. The van der Waals surface area contributed by atoms with Crippen LogP contribution < -0.4 is 11.1 Å². The number of hydrogen-bond donors (Lipinski definition) is 3. The van der Waals surface area contributed by atoms with E-state index in [9.17, 15) is 4.79 Å². The molecular formula is C16H24Cl2N4O. The number of carbonyl (C=O) groups excluding carboxylic acids is 1. The van der Waals surface area contributed by atoms with Crippen LogP contribution in [0.4, 0.5) is 5.69 Å². The summed E-state index contributed by atoms with van der Waals surface area (Å²) in [5, 5.41) is 2.91. The van der Waals surface area contributed by atoms with Gasteiger partial charge < -0.3 is 16.0 Å². The van der Waals surface area contributed by atoms with Crippen molar-refractivity contribution in [1.29, 1.82) is 0 Å². The van der Waals surface area contributed by atoms with E-state index in [0.717, 1.165) is 49.3 Å². The Morgan fingerprint density at radius 3 is 2.39 bits per heavy atom. The Morgan fingerprint density at radius 2 is 1.78 bits per heavy atom. The highest BCUT2D eigenvalue weighted by molar-refractivity contribution is 5.90. The van der Waals surface area contributed by atoms with E-state index in [1.807, 2.05) is 24.3 Å². The van der Waals surface area contributed by atoms with Crippen LogP contribution >= 0.6 is 24.8 Å². The van der Waals surface area contributed by atoms with Gasteiger partial charge in [-0.25, -0.2) is 4.98 Å². The first kappa shape index (κ1) is 21.4. The van der Waals surface area contributed by atoms with Crippen molar-refractivity contribution in [3.05, 3.63) is 36.7 Å². The summed E-state index contributed by atoms with van der Waals surface area (Å²) in [5.41, 5.74) is 7.25. The number of rotatable bonds is 8. The number of amides is 1. The van der Waals surface area contributed by atoms with Crippen LogP contribution in [0.5, 0.6) is 0 Å². The first-order chi connectivity index (χ1) is 10.3. The maximum atomic E-state index is 11.8. The number of imidazole rings is 1. The highest BCUT2D eigenvalue weighted by Gasteiger charge is 2.03. The summed E-state index contributed by atoms with van der Waals surface area (Å²) in [4.78, 5) is 19.0. The Balaban J connectivity index is 0.00000242. The average molecular weight is 359 g/mol. The third kappa shape index (κ3) is 7.50. The number of aromatic nitrogens is 2. The van der Waals surface area contributed by atoms with Gasteiger partial charge in [-0.1, -0.05) is 12.8 Å². The Labute approximate surface area is 149 Å². The van der Waals surface area contributed by atoms with Crippen molar-refractivity contribution in [3.63, 3.8) is 0 Å². The highest BCUT2D eigenvalue weighted by Crippen LogP contribution is 2.17. The van der Waals surface area contributed by atoms with Gasteiger partial charge in [-0.05, 0) is 43.7 Å². The second-order valence-corrected chi connectivity index (χ2v) is 5.02. The Bertz CT molecular complexity index is 544. The average Bonchev–Trinajstić information content (AvgIpc) is 3.02. The number of H-pyrrole nitrogens is 1. The summed E-state index contributed by atoms with van der Waals surface area (Å²) in [6.45, 7) is 0.730. The second-order valence-electron chi connectivity index (χ2n) is 5.02. The molecule has 0 bridgehead atoms. The molecule has 0 fully saturated rings. The number of carbonyl (C=O) groups is 1. The lowest BCUT2D eigenvalue weighted by Crippen LogP contribution is -2.11. The third-order valence-electron chi connectivity index (χ3n) is 3.30. The molecule has 2 rings (SSSR count). The molecule has 23 heavy (non-hydrogen) atoms. The molecule has 2 aromatic rings. The van der Waals surface area contributed by atoms with Crippen LogP contribution in [0.1, 0.15) is 32.1 Å². The van der Waals surface area contributed by atoms with E-state index in [0.29, 0.717) is 6.42 Å². The third-order valence-corrected chi connectivity index (χ3v) is 3.30. The molecule has 4 N–H and O–H groups in total. The van der Waals surface area contributed by atoms with Crippen molar-refractivity contribution in [1.82, 2.24) is 9.97 Å². The van der Waals surface area contributed by atoms with Gasteiger partial charge in [0.05, 0.1) is 0 Å². The molecule has 1 amide bonds. The Morgan fingerprint density at radius 1 is 1.09 bits per heavy atom. The first-order valence-electron chi connectivity index (χ1n) is 7.39. The summed E-state index contributed by atoms with van der Waals surface area (Å²) >= 11 is 0. The maximum Gasteiger partial charge on any atom is 0.224 e. The maximum absolute atomic E-state index is 11.8. The zero-order valence-electron chi connectivity index (χ0n) is 13.0. The largest absolute Gasteiger partial charge is 0.345 e. The number of anilines is 1. The Kier molecular flexibility index (Phi) is 11.1. The summed E-state index contributed by atoms with van der Waals surface area (Å²) in [5.74, 6) is 0.890. The van der Waals surface area contributed by atoms with Gasteiger partial charge in [0.2, 0.25) is 5.91 Å². The molecule has 7 heteroatoms. The van der Waals surface area contributed by atoms with Gasteiger partial charge in [0.1, 0.15) is 5.82 Å². The molecular weight excluding hydrogens is 335 g/mol. The van der Waals surface area contributed by atoms with Crippen molar-refractivity contribution in [2.45, 2.75) is 32.1 Å². The van der Waals surface area contributed by atoms with Crippen molar-refractivity contribution in [2.24, 2.45) is 5.73 Å². The van der Waals surface area contributed by atoms with E-state index in [1.54, 1.807) is 12.4 Å². The zero-order chi connectivity index (χ0) is 14.9. The summed E-state index contributed by atoms with van der Waals surface area (Å²) in [6.07, 6.45) is 8.17. The SMILES string of the molecule is Cl.Cl.NCCCCCCC(=O)Nc1ccc(-c2ncc[nH]2)cc1. The predicted molar refractivity (Wildman–Crippen MR) is 99.3 cm³/mol. The number of unbranched alkanes of at least 4 members (excludes halogenated alkanes) is 3. The molecule has 1 aromatic heterocycles. The van der Waals surface area contributed by atoms with E-state index < -0.39 is 0 Å². The number of aromatic amines is 1. The molecule has 5 nitrogen and oxygen atoms in total.